The van der Waals surface area contributed by atoms with Crippen LogP contribution < -0.4 is 0 Å². The maximum absolute atomic E-state index is 13.5. The van der Waals surface area contributed by atoms with Crippen molar-refractivity contribution in [1.29, 1.82) is 0 Å². The predicted octanol–water partition coefficient (Wildman–Crippen LogP) is 4.10. The van der Waals surface area contributed by atoms with Crippen molar-refractivity contribution >= 4 is 17.7 Å². The fourth-order valence-corrected chi connectivity index (χ4v) is 3.52. The minimum Gasteiger partial charge on any atom is -0.342 e. The summed E-state index contributed by atoms with van der Waals surface area (Å²) >= 11 is 1.29. The number of hydrogen-bond donors (Lipinski definition) is 0. The Labute approximate surface area is 124 Å². The molecule has 20 heavy (non-hydrogen) atoms. The van der Waals surface area contributed by atoms with Gasteiger partial charge in [-0.1, -0.05) is 37.8 Å². The van der Waals surface area contributed by atoms with Crippen LogP contribution >= 0.6 is 11.8 Å². The molecule has 1 amide bonds. The molecule has 1 fully saturated rings. The minimum atomic E-state index is -0.248. The van der Waals surface area contributed by atoms with Crippen LogP contribution in [0.15, 0.2) is 29.2 Å². The molecule has 0 radical (unpaired) electrons. The van der Waals surface area contributed by atoms with Gasteiger partial charge < -0.3 is 4.90 Å². The van der Waals surface area contributed by atoms with Gasteiger partial charge in [-0.2, -0.15) is 0 Å². The summed E-state index contributed by atoms with van der Waals surface area (Å²) in [6.07, 6.45) is 7.19. The first kappa shape index (κ1) is 15.4. The van der Waals surface area contributed by atoms with Gasteiger partial charge >= 0.3 is 0 Å². The number of halogens is 1. The molecule has 1 aromatic rings. The Morgan fingerprint density at radius 3 is 2.55 bits per heavy atom. The molecule has 0 aromatic heterocycles. The summed E-state index contributed by atoms with van der Waals surface area (Å²) in [4.78, 5) is 14.6. The van der Waals surface area contributed by atoms with Crippen molar-refractivity contribution in [3.8, 4) is 0 Å². The molecule has 4 heteroatoms. The highest BCUT2D eigenvalue weighted by molar-refractivity contribution is 8.00. The topological polar surface area (TPSA) is 20.3 Å². The molecule has 0 bridgehead atoms. The van der Waals surface area contributed by atoms with Crippen LogP contribution in [-0.2, 0) is 4.79 Å². The molecular weight excluding hydrogens is 273 g/mol. The molecular formula is C16H22FNOS. The van der Waals surface area contributed by atoms with Crippen molar-refractivity contribution in [3.63, 3.8) is 0 Å². The summed E-state index contributed by atoms with van der Waals surface area (Å²) < 4.78 is 13.5. The fourth-order valence-electron chi connectivity index (χ4n) is 2.65. The van der Waals surface area contributed by atoms with Gasteiger partial charge in [-0.15, -0.1) is 11.8 Å². The van der Waals surface area contributed by atoms with Crippen LogP contribution in [0.1, 0.15) is 38.5 Å². The third kappa shape index (κ3) is 4.23. The van der Waals surface area contributed by atoms with Crippen LogP contribution in [-0.4, -0.2) is 29.6 Å². The summed E-state index contributed by atoms with van der Waals surface area (Å²) in [6, 6.07) is 6.98. The number of carbonyl (C=O) groups is 1. The highest BCUT2D eigenvalue weighted by atomic mass is 32.2. The van der Waals surface area contributed by atoms with Gasteiger partial charge in [0.2, 0.25) is 5.91 Å². The zero-order valence-corrected chi connectivity index (χ0v) is 12.8. The lowest BCUT2D eigenvalue weighted by Gasteiger charge is -2.27. The first-order chi connectivity index (χ1) is 9.68. The van der Waals surface area contributed by atoms with E-state index in [0.717, 1.165) is 12.8 Å². The molecule has 0 spiro atoms. The highest BCUT2D eigenvalue weighted by Crippen LogP contribution is 2.24. The van der Waals surface area contributed by atoms with Gasteiger partial charge in [0.25, 0.3) is 0 Å². The standard InChI is InChI=1S/C16H22FNOS/c1-18(13-8-4-2-3-5-9-13)16(19)12-20-15-11-7-6-10-14(15)17/h6-7,10-11,13H,2-5,8-9,12H2,1H3. The Bertz CT molecular complexity index is 444. The quantitative estimate of drug-likeness (QED) is 0.616. The number of benzene rings is 1. The SMILES string of the molecule is CN(C(=O)CSc1ccccc1F)C1CCCCCC1. The van der Waals surface area contributed by atoms with E-state index < -0.39 is 0 Å². The highest BCUT2D eigenvalue weighted by Gasteiger charge is 2.21. The lowest BCUT2D eigenvalue weighted by Crippen LogP contribution is -2.37. The summed E-state index contributed by atoms with van der Waals surface area (Å²) in [7, 11) is 1.89. The third-order valence-corrected chi connectivity index (χ3v) is 4.99. The number of hydrogen-bond acceptors (Lipinski definition) is 2. The van der Waals surface area contributed by atoms with Crippen LogP contribution in [0.4, 0.5) is 4.39 Å². The van der Waals surface area contributed by atoms with Crippen LogP contribution in [0.25, 0.3) is 0 Å². The van der Waals surface area contributed by atoms with Gasteiger partial charge in [0.05, 0.1) is 5.75 Å². The number of nitrogens with zero attached hydrogens (tertiary/aromatic N) is 1. The minimum absolute atomic E-state index is 0.102. The molecule has 110 valence electrons. The zero-order chi connectivity index (χ0) is 14.4. The largest absolute Gasteiger partial charge is 0.342 e. The molecule has 0 saturated heterocycles. The molecule has 1 aromatic carbocycles. The number of rotatable bonds is 4. The van der Waals surface area contributed by atoms with Crippen LogP contribution in [0.3, 0.4) is 0 Å². The van der Waals surface area contributed by atoms with E-state index in [2.05, 4.69) is 0 Å². The van der Waals surface area contributed by atoms with Crippen LogP contribution in [0.2, 0.25) is 0 Å². The predicted molar refractivity (Wildman–Crippen MR) is 81.4 cm³/mol. The second kappa shape index (κ2) is 7.67. The lowest BCUT2D eigenvalue weighted by molar-refractivity contribution is -0.129. The molecule has 0 aliphatic heterocycles. The molecule has 2 rings (SSSR count). The van der Waals surface area contributed by atoms with Gasteiger partial charge in [-0.3, -0.25) is 4.79 Å². The van der Waals surface area contributed by atoms with E-state index in [9.17, 15) is 9.18 Å². The van der Waals surface area contributed by atoms with Crippen molar-refractivity contribution < 1.29 is 9.18 Å². The summed E-state index contributed by atoms with van der Waals surface area (Å²) in [5.74, 6) is 0.168. The molecule has 0 unspecified atom stereocenters. The molecule has 0 atom stereocenters. The summed E-state index contributed by atoms with van der Waals surface area (Å²) in [5, 5.41) is 0. The van der Waals surface area contributed by atoms with E-state index in [1.54, 1.807) is 18.2 Å². The first-order valence-electron chi connectivity index (χ1n) is 7.31. The van der Waals surface area contributed by atoms with Crippen molar-refractivity contribution in [1.82, 2.24) is 4.90 Å². The Balaban J connectivity index is 1.86. The second-order valence-electron chi connectivity index (χ2n) is 5.37. The zero-order valence-electron chi connectivity index (χ0n) is 12.0. The van der Waals surface area contributed by atoms with Crippen molar-refractivity contribution in [2.24, 2.45) is 0 Å². The van der Waals surface area contributed by atoms with Gasteiger partial charge in [0, 0.05) is 18.0 Å². The molecule has 0 heterocycles. The fraction of sp³-hybridized carbons (Fsp3) is 0.562. The Hall–Kier alpha value is -1.03. The first-order valence-corrected chi connectivity index (χ1v) is 8.30. The monoisotopic (exact) mass is 295 g/mol. The van der Waals surface area contributed by atoms with Crippen LogP contribution in [0.5, 0.6) is 0 Å². The Morgan fingerprint density at radius 2 is 1.90 bits per heavy atom. The Morgan fingerprint density at radius 1 is 1.25 bits per heavy atom. The normalized spacial score (nSPS) is 16.7. The number of amides is 1. The molecule has 1 aliphatic rings. The van der Waals surface area contributed by atoms with Crippen molar-refractivity contribution in [2.75, 3.05) is 12.8 Å². The van der Waals surface area contributed by atoms with Crippen LogP contribution in [0, 0.1) is 5.82 Å². The molecule has 2 nitrogen and oxygen atoms in total. The van der Waals surface area contributed by atoms with E-state index in [0.29, 0.717) is 16.7 Å². The summed E-state index contributed by atoms with van der Waals surface area (Å²) in [6.45, 7) is 0. The van der Waals surface area contributed by atoms with E-state index in [4.69, 9.17) is 0 Å². The second-order valence-corrected chi connectivity index (χ2v) is 6.39. The van der Waals surface area contributed by atoms with Crippen molar-refractivity contribution in [2.45, 2.75) is 49.5 Å². The van der Waals surface area contributed by atoms with E-state index in [-0.39, 0.29) is 11.7 Å². The molecule has 0 N–H and O–H groups in total. The smallest absolute Gasteiger partial charge is 0.232 e. The third-order valence-electron chi connectivity index (χ3n) is 3.95. The molecule has 1 saturated carbocycles. The maximum atomic E-state index is 13.5. The van der Waals surface area contributed by atoms with Gasteiger partial charge in [-0.05, 0) is 25.0 Å². The number of carbonyl (C=O) groups excluding carboxylic acids is 1. The van der Waals surface area contributed by atoms with Gasteiger partial charge in [0.1, 0.15) is 5.82 Å². The Kier molecular flexibility index (Phi) is 5.89. The average molecular weight is 295 g/mol. The lowest BCUT2D eigenvalue weighted by atomic mass is 10.1. The van der Waals surface area contributed by atoms with E-state index in [1.165, 1.54) is 43.5 Å². The maximum Gasteiger partial charge on any atom is 0.232 e. The van der Waals surface area contributed by atoms with Crippen molar-refractivity contribution in [3.05, 3.63) is 30.1 Å². The number of thioether (sulfide) groups is 1. The van der Waals surface area contributed by atoms with E-state index >= 15 is 0 Å². The summed E-state index contributed by atoms with van der Waals surface area (Å²) in [5.41, 5.74) is 0. The average Bonchev–Trinajstić information content (AvgIpc) is 2.74. The van der Waals surface area contributed by atoms with Gasteiger partial charge in [0.15, 0.2) is 0 Å². The van der Waals surface area contributed by atoms with Gasteiger partial charge in [-0.25, -0.2) is 4.39 Å². The molecule has 1 aliphatic carbocycles. The van der Waals surface area contributed by atoms with E-state index in [1.807, 2.05) is 11.9 Å².